The lowest BCUT2D eigenvalue weighted by molar-refractivity contribution is 0.573. The van der Waals surface area contributed by atoms with E-state index in [0.29, 0.717) is 10.8 Å². The summed E-state index contributed by atoms with van der Waals surface area (Å²) in [7, 11) is -1.52. The van der Waals surface area contributed by atoms with Gasteiger partial charge in [-0.1, -0.05) is 0 Å². The Hall–Kier alpha value is -0.0800. The second-order valence-electron chi connectivity index (χ2n) is 4.18. The predicted octanol–water partition coefficient (Wildman–Crippen LogP) is 1.81. The van der Waals surface area contributed by atoms with E-state index in [4.69, 9.17) is 0 Å². The average Bonchev–Trinajstić information content (AvgIpc) is 2.61. The predicted molar refractivity (Wildman–Crippen MR) is 80.0 cm³/mol. The third-order valence-electron chi connectivity index (χ3n) is 2.37. The molecule has 18 heavy (non-hydrogen) atoms. The van der Waals surface area contributed by atoms with Crippen molar-refractivity contribution in [1.82, 2.24) is 10.0 Å². The van der Waals surface area contributed by atoms with Crippen molar-refractivity contribution in [3.8, 4) is 0 Å². The van der Waals surface area contributed by atoms with Crippen LogP contribution in [-0.2, 0) is 16.6 Å². The molecule has 104 valence electrons. The smallest absolute Gasteiger partial charge is 0.250 e. The van der Waals surface area contributed by atoms with Crippen molar-refractivity contribution in [3.05, 3.63) is 16.5 Å². The number of sulfonamides is 1. The first-order valence-electron chi connectivity index (χ1n) is 5.66. The molecule has 0 aliphatic carbocycles. The monoisotopic (exact) mass is 308 g/mol. The third-order valence-corrected chi connectivity index (χ3v) is 6.51. The highest BCUT2D eigenvalue weighted by Gasteiger charge is 2.20. The summed E-state index contributed by atoms with van der Waals surface area (Å²) in [6.45, 7) is 4.52. The molecule has 0 bridgehead atoms. The molecule has 0 radical (unpaired) electrons. The van der Waals surface area contributed by atoms with Crippen LogP contribution >= 0.6 is 23.1 Å². The number of hydrogen-bond donors (Lipinski definition) is 2. The van der Waals surface area contributed by atoms with Crippen molar-refractivity contribution < 1.29 is 8.42 Å². The molecule has 0 amide bonds. The van der Waals surface area contributed by atoms with Gasteiger partial charge < -0.3 is 5.32 Å². The van der Waals surface area contributed by atoms with Crippen molar-refractivity contribution in [1.29, 1.82) is 0 Å². The fourth-order valence-corrected chi connectivity index (χ4v) is 5.11. The van der Waals surface area contributed by atoms with Crippen LogP contribution in [0.1, 0.15) is 17.4 Å². The number of nitrogens with one attached hydrogen (secondary N) is 2. The standard InChI is InChI=1S/C11H20N2O2S3/c1-8-5-11(17-10(8)6-12-3)18(14,15)13-9(2)7-16-4/h5,9,12-13H,6-7H2,1-4H3. The highest BCUT2D eigenvalue weighted by molar-refractivity contribution is 7.98. The lowest BCUT2D eigenvalue weighted by atomic mass is 10.3. The first-order valence-corrected chi connectivity index (χ1v) is 9.35. The van der Waals surface area contributed by atoms with Gasteiger partial charge in [0.1, 0.15) is 4.21 Å². The van der Waals surface area contributed by atoms with E-state index < -0.39 is 10.0 Å². The minimum atomic E-state index is -3.37. The van der Waals surface area contributed by atoms with Crippen LogP contribution in [-0.4, -0.2) is 33.5 Å². The van der Waals surface area contributed by atoms with Gasteiger partial charge in [-0.3, -0.25) is 0 Å². The molecule has 1 atom stereocenters. The second-order valence-corrected chi connectivity index (χ2v) is 8.17. The van der Waals surface area contributed by atoms with E-state index in [1.165, 1.54) is 11.3 Å². The molecule has 1 unspecified atom stereocenters. The van der Waals surface area contributed by atoms with Gasteiger partial charge in [-0.05, 0) is 38.8 Å². The molecule has 0 aliphatic rings. The van der Waals surface area contributed by atoms with Gasteiger partial charge in [-0.2, -0.15) is 11.8 Å². The van der Waals surface area contributed by atoms with E-state index in [1.807, 2.05) is 27.2 Å². The molecule has 0 fully saturated rings. The fourth-order valence-electron chi connectivity index (χ4n) is 1.56. The van der Waals surface area contributed by atoms with Crippen LogP contribution < -0.4 is 10.0 Å². The summed E-state index contributed by atoms with van der Waals surface area (Å²) in [6.07, 6.45) is 1.96. The van der Waals surface area contributed by atoms with Crippen molar-refractivity contribution >= 4 is 33.1 Å². The molecular weight excluding hydrogens is 288 g/mol. The number of hydrogen-bond acceptors (Lipinski definition) is 5. The average molecular weight is 308 g/mol. The molecule has 0 aliphatic heterocycles. The lowest BCUT2D eigenvalue weighted by Gasteiger charge is -2.11. The van der Waals surface area contributed by atoms with Gasteiger partial charge in [0.05, 0.1) is 0 Å². The summed E-state index contributed by atoms with van der Waals surface area (Å²) in [5.41, 5.74) is 1.02. The molecule has 0 aromatic carbocycles. The Balaban J connectivity index is 2.88. The Morgan fingerprint density at radius 3 is 2.72 bits per heavy atom. The maximum atomic E-state index is 12.2. The maximum Gasteiger partial charge on any atom is 0.250 e. The van der Waals surface area contributed by atoms with Gasteiger partial charge in [0, 0.05) is 23.2 Å². The van der Waals surface area contributed by atoms with Gasteiger partial charge in [-0.25, -0.2) is 13.1 Å². The summed E-state index contributed by atoms with van der Waals surface area (Å²) in [6, 6.07) is 1.69. The van der Waals surface area contributed by atoms with Crippen molar-refractivity contribution in [2.75, 3.05) is 19.1 Å². The maximum absolute atomic E-state index is 12.2. The van der Waals surface area contributed by atoms with E-state index >= 15 is 0 Å². The first kappa shape index (κ1) is 16.0. The Labute approximate surface area is 118 Å². The number of aryl methyl sites for hydroxylation is 1. The zero-order valence-corrected chi connectivity index (χ0v) is 13.6. The highest BCUT2D eigenvalue weighted by atomic mass is 32.2. The zero-order chi connectivity index (χ0) is 13.8. The van der Waals surface area contributed by atoms with Gasteiger partial charge in [0.25, 0.3) is 0 Å². The van der Waals surface area contributed by atoms with Gasteiger partial charge in [0.15, 0.2) is 0 Å². The minimum Gasteiger partial charge on any atom is -0.315 e. The fraction of sp³-hybridized carbons (Fsp3) is 0.636. The van der Waals surface area contributed by atoms with Crippen molar-refractivity contribution in [2.24, 2.45) is 0 Å². The van der Waals surface area contributed by atoms with Crippen LogP contribution in [0.4, 0.5) is 0 Å². The van der Waals surface area contributed by atoms with Gasteiger partial charge in [-0.15, -0.1) is 11.3 Å². The molecule has 1 heterocycles. The molecule has 4 nitrogen and oxygen atoms in total. The normalized spacial score (nSPS) is 13.8. The first-order chi connectivity index (χ1) is 8.40. The van der Waals surface area contributed by atoms with Crippen LogP contribution in [0.3, 0.4) is 0 Å². The lowest BCUT2D eigenvalue weighted by Crippen LogP contribution is -2.33. The highest BCUT2D eigenvalue weighted by Crippen LogP contribution is 2.26. The Bertz CT molecular complexity index is 482. The Morgan fingerprint density at radius 2 is 2.17 bits per heavy atom. The van der Waals surface area contributed by atoms with Gasteiger partial charge >= 0.3 is 0 Å². The molecule has 0 saturated carbocycles. The summed E-state index contributed by atoms with van der Waals surface area (Å²) < 4.78 is 27.4. The Morgan fingerprint density at radius 1 is 1.50 bits per heavy atom. The molecular formula is C11H20N2O2S3. The van der Waals surface area contributed by atoms with Crippen LogP contribution in [0.15, 0.2) is 10.3 Å². The minimum absolute atomic E-state index is 0.0554. The molecule has 7 heteroatoms. The molecule has 2 N–H and O–H groups in total. The number of thioether (sulfide) groups is 1. The summed E-state index contributed by atoms with van der Waals surface area (Å²) in [5, 5.41) is 3.04. The van der Waals surface area contributed by atoms with Crippen LogP contribution in [0.5, 0.6) is 0 Å². The summed E-state index contributed by atoms with van der Waals surface area (Å²) >= 11 is 2.96. The van der Waals surface area contributed by atoms with Crippen LogP contribution in [0, 0.1) is 6.92 Å². The van der Waals surface area contributed by atoms with Crippen LogP contribution in [0.25, 0.3) is 0 Å². The van der Waals surface area contributed by atoms with Crippen LogP contribution in [0.2, 0.25) is 0 Å². The molecule has 1 rings (SSSR count). The van der Waals surface area contributed by atoms with E-state index in [2.05, 4.69) is 10.0 Å². The van der Waals surface area contributed by atoms with Crippen molar-refractivity contribution in [2.45, 2.75) is 30.6 Å². The summed E-state index contributed by atoms with van der Waals surface area (Å²) in [4.78, 5) is 1.07. The number of thiophene rings is 1. The number of rotatable bonds is 7. The molecule has 0 saturated heterocycles. The molecule has 1 aromatic heterocycles. The van der Waals surface area contributed by atoms with E-state index in [0.717, 1.165) is 16.2 Å². The Kier molecular flexibility index (Phi) is 6.13. The topological polar surface area (TPSA) is 58.2 Å². The van der Waals surface area contributed by atoms with E-state index in [9.17, 15) is 8.42 Å². The SMILES string of the molecule is CNCc1sc(S(=O)(=O)NC(C)CSC)cc1C. The van der Waals surface area contributed by atoms with Crippen molar-refractivity contribution in [3.63, 3.8) is 0 Å². The quantitative estimate of drug-likeness (QED) is 0.806. The largest absolute Gasteiger partial charge is 0.315 e. The summed E-state index contributed by atoms with van der Waals surface area (Å²) in [5.74, 6) is 0.771. The van der Waals surface area contributed by atoms with E-state index in [-0.39, 0.29) is 6.04 Å². The third kappa shape index (κ3) is 4.24. The molecule has 1 aromatic rings. The molecule has 0 spiro atoms. The zero-order valence-electron chi connectivity index (χ0n) is 11.1. The second kappa shape index (κ2) is 6.91. The van der Waals surface area contributed by atoms with Gasteiger partial charge in [0.2, 0.25) is 10.0 Å². The van der Waals surface area contributed by atoms with E-state index in [1.54, 1.807) is 17.8 Å².